The highest BCUT2D eigenvalue weighted by molar-refractivity contribution is 6.00. The topological polar surface area (TPSA) is 93.9 Å². The van der Waals surface area contributed by atoms with E-state index in [-0.39, 0.29) is 24.5 Å². The number of amides is 2. The van der Waals surface area contributed by atoms with Crippen molar-refractivity contribution in [1.82, 2.24) is 15.3 Å². The fraction of sp³-hybridized carbons (Fsp3) is 0.346. The first-order valence-corrected chi connectivity index (χ1v) is 11.5. The zero-order chi connectivity index (χ0) is 24.2. The van der Waals surface area contributed by atoms with Crippen LogP contribution in [0.4, 0.5) is 0 Å². The fourth-order valence-electron chi connectivity index (χ4n) is 3.99. The van der Waals surface area contributed by atoms with Crippen molar-refractivity contribution in [2.45, 2.75) is 46.2 Å². The molecule has 0 saturated heterocycles. The lowest BCUT2D eigenvalue weighted by atomic mass is 10.0. The van der Waals surface area contributed by atoms with E-state index in [1.54, 1.807) is 24.4 Å². The number of aromatic nitrogens is 1. The van der Waals surface area contributed by atoms with Gasteiger partial charge >= 0.3 is 0 Å². The Kier molecular flexibility index (Phi) is 6.86. The van der Waals surface area contributed by atoms with Gasteiger partial charge in [0.2, 0.25) is 6.79 Å². The molecule has 178 valence electrons. The van der Waals surface area contributed by atoms with Crippen molar-refractivity contribution in [3.8, 4) is 11.5 Å². The third-order valence-corrected chi connectivity index (χ3v) is 5.67. The maximum Gasteiger partial charge on any atom is 0.262 e. The number of carbonyl (C=O) groups is 2. The van der Waals surface area contributed by atoms with Gasteiger partial charge in [0.05, 0.1) is 6.21 Å². The van der Waals surface area contributed by atoms with Crippen molar-refractivity contribution >= 4 is 28.9 Å². The predicted molar refractivity (Wildman–Crippen MR) is 131 cm³/mol. The Labute approximate surface area is 198 Å². The molecule has 2 aromatic carbocycles. The van der Waals surface area contributed by atoms with Gasteiger partial charge in [0.15, 0.2) is 11.5 Å². The van der Waals surface area contributed by atoms with Crippen LogP contribution >= 0.6 is 0 Å². The Bertz CT molecular complexity index is 1230. The molecule has 8 heteroatoms. The summed E-state index contributed by atoms with van der Waals surface area (Å²) >= 11 is 0. The Morgan fingerprint density at radius 1 is 1.09 bits per heavy atom. The number of hydrogen-bond acceptors (Lipinski definition) is 5. The summed E-state index contributed by atoms with van der Waals surface area (Å²) in [4.78, 5) is 25.7. The molecule has 0 aliphatic carbocycles. The Morgan fingerprint density at radius 2 is 1.85 bits per heavy atom. The third kappa shape index (κ3) is 5.06. The van der Waals surface area contributed by atoms with Crippen molar-refractivity contribution in [3.05, 3.63) is 59.8 Å². The zero-order valence-electron chi connectivity index (χ0n) is 19.9. The van der Waals surface area contributed by atoms with E-state index in [1.807, 2.05) is 38.2 Å². The molecule has 8 nitrogen and oxygen atoms in total. The summed E-state index contributed by atoms with van der Waals surface area (Å²) in [7, 11) is 0. The minimum Gasteiger partial charge on any atom is -0.454 e. The maximum absolute atomic E-state index is 12.9. The SMILES string of the molecule is CC(C)C[C@H](NC(=O)c1ccc2c(c1)OCO2)C(=O)N/N=C\c1cn(C(C)C)c2ccccc12. The number of hydrazone groups is 1. The molecular formula is C26H30N4O4. The molecule has 2 heterocycles. The first kappa shape index (κ1) is 23.4. The van der Waals surface area contributed by atoms with Crippen LogP contribution in [0, 0.1) is 5.92 Å². The second-order valence-electron chi connectivity index (χ2n) is 9.06. The van der Waals surface area contributed by atoms with Crippen LogP contribution in [-0.4, -0.2) is 35.4 Å². The number of nitrogens with zero attached hydrogens (tertiary/aromatic N) is 2. The first-order valence-electron chi connectivity index (χ1n) is 11.5. The van der Waals surface area contributed by atoms with Crippen molar-refractivity contribution in [2.24, 2.45) is 11.0 Å². The van der Waals surface area contributed by atoms with Crippen molar-refractivity contribution in [3.63, 3.8) is 0 Å². The number of fused-ring (bicyclic) bond motifs is 2. The second-order valence-corrected chi connectivity index (χ2v) is 9.06. The van der Waals surface area contributed by atoms with Gasteiger partial charge in [0.25, 0.3) is 11.8 Å². The lowest BCUT2D eigenvalue weighted by molar-refractivity contribution is -0.123. The predicted octanol–water partition coefficient (Wildman–Crippen LogP) is 4.25. The molecular weight excluding hydrogens is 432 g/mol. The number of para-hydroxylation sites is 1. The van der Waals surface area contributed by atoms with Crippen LogP contribution < -0.4 is 20.2 Å². The minimum absolute atomic E-state index is 0.132. The Hall–Kier alpha value is -3.81. The average molecular weight is 463 g/mol. The molecule has 1 atom stereocenters. The van der Waals surface area contributed by atoms with E-state index in [4.69, 9.17) is 9.47 Å². The number of hydrogen-bond donors (Lipinski definition) is 2. The summed E-state index contributed by atoms with van der Waals surface area (Å²) in [6.45, 7) is 8.36. The van der Waals surface area contributed by atoms with Gasteiger partial charge in [-0.3, -0.25) is 9.59 Å². The summed E-state index contributed by atoms with van der Waals surface area (Å²) in [6.07, 6.45) is 4.15. The highest BCUT2D eigenvalue weighted by atomic mass is 16.7. The lowest BCUT2D eigenvalue weighted by Gasteiger charge is -2.19. The molecule has 0 fully saturated rings. The summed E-state index contributed by atoms with van der Waals surface area (Å²) < 4.78 is 12.8. The van der Waals surface area contributed by atoms with Gasteiger partial charge in [-0.15, -0.1) is 0 Å². The van der Waals surface area contributed by atoms with Crippen LogP contribution in [0.25, 0.3) is 10.9 Å². The summed E-state index contributed by atoms with van der Waals surface area (Å²) in [5.74, 6) is 0.583. The van der Waals surface area contributed by atoms with E-state index in [9.17, 15) is 9.59 Å². The highest BCUT2D eigenvalue weighted by Crippen LogP contribution is 2.32. The molecule has 2 amide bonds. The van der Waals surface area contributed by atoms with Crippen LogP contribution in [0.5, 0.6) is 11.5 Å². The lowest BCUT2D eigenvalue weighted by Crippen LogP contribution is -2.46. The third-order valence-electron chi connectivity index (χ3n) is 5.67. The second kappa shape index (κ2) is 9.99. The molecule has 3 aromatic rings. The van der Waals surface area contributed by atoms with Crippen LogP contribution in [0.2, 0.25) is 0 Å². The summed E-state index contributed by atoms with van der Waals surface area (Å²) in [5.41, 5.74) is 5.02. The van der Waals surface area contributed by atoms with Gasteiger partial charge in [-0.05, 0) is 50.5 Å². The van der Waals surface area contributed by atoms with E-state index < -0.39 is 6.04 Å². The smallest absolute Gasteiger partial charge is 0.262 e. The quantitative estimate of drug-likeness (QED) is 0.387. The molecule has 2 N–H and O–H groups in total. The maximum atomic E-state index is 12.9. The van der Waals surface area contributed by atoms with Crippen LogP contribution in [0.3, 0.4) is 0 Å². The van der Waals surface area contributed by atoms with Crippen LogP contribution in [-0.2, 0) is 4.79 Å². The summed E-state index contributed by atoms with van der Waals surface area (Å²) in [6, 6.07) is 12.6. The van der Waals surface area contributed by atoms with E-state index in [0.29, 0.717) is 29.5 Å². The van der Waals surface area contributed by atoms with Gasteiger partial charge in [-0.2, -0.15) is 5.10 Å². The van der Waals surface area contributed by atoms with Gasteiger partial charge in [0.1, 0.15) is 6.04 Å². The summed E-state index contributed by atoms with van der Waals surface area (Å²) in [5, 5.41) is 8.08. The molecule has 1 aliphatic rings. The van der Waals surface area contributed by atoms with Gasteiger partial charge in [0, 0.05) is 34.3 Å². The number of carbonyl (C=O) groups excluding carboxylic acids is 2. The normalized spacial score (nSPS) is 13.7. The number of rotatable bonds is 8. The van der Waals surface area contributed by atoms with Crippen LogP contribution in [0.15, 0.2) is 53.8 Å². The van der Waals surface area contributed by atoms with E-state index >= 15 is 0 Å². The Morgan fingerprint density at radius 3 is 2.62 bits per heavy atom. The van der Waals surface area contributed by atoms with Gasteiger partial charge in [-0.1, -0.05) is 32.0 Å². The zero-order valence-corrected chi connectivity index (χ0v) is 19.9. The first-order chi connectivity index (χ1) is 16.3. The number of benzene rings is 2. The van der Waals surface area contributed by atoms with Gasteiger partial charge in [-0.25, -0.2) is 5.43 Å². The Balaban J connectivity index is 1.46. The van der Waals surface area contributed by atoms with E-state index in [2.05, 4.69) is 40.3 Å². The molecule has 1 aromatic heterocycles. The van der Waals surface area contributed by atoms with Crippen molar-refractivity contribution in [2.75, 3.05) is 6.79 Å². The monoisotopic (exact) mass is 462 g/mol. The van der Waals surface area contributed by atoms with Crippen molar-refractivity contribution < 1.29 is 19.1 Å². The molecule has 0 unspecified atom stereocenters. The van der Waals surface area contributed by atoms with Gasteiger partial charge < -0.3 is 19.4 Å². The van der Waals surface area contributed by atoms with Crippen LogP contribution in [0.1, 0.15) is 56.1 Å². The molecule has 1 aliphatic heterocycles. The average Bonchev–Trinajstić information content (AvgIpc) is 3.42. The standard InChI is InChI=1S/C26H30N4O4/c1-16(2)11-21(28-25(31)18-9-10-23-24(12-18)34-15-33-23)26(32)29-27-13-19-14-30(17(3)4)22-8-6-5-7-20(19)22/h5-10,12-14,16-17,21H,11,15H2,1-4H3,(H,28,31)(H,29,32)/b27-13-/t21-/m0/s1. The molecule has 0 saturated carbocycles. The van der Waals surface area contributed by atoms with Crippen molar-refractivity contribution in [1.29, 1.82) is 0 Å². The molecule has 0 radical (unpaired) electrons. The molecule has 34 heavy (non-hydrogen) atoms. The van der Waals surface area contributed by atoms with E-state index in [0.717, 1.165) is 16.5 Å². The number of nitrogens with one attached hydrogen (secondary N) is 2. The molecule has 0 spiro atoms. The fourth-order valence-corrected chi connectivity index (χ4v) is 3.99. The molecule has 4 rings (SSSR count). The highest BCUT2D eigenvalue weighted by Gasteiger charge is 2.24. The largest absolute Gasteiger partial charge is 0.454 e. The van der Waals surface area contributed by atoms with E-state index in [1.165, 1.54) is 0 Å². The number of ether oxygens (including phenoxy) is 2. The minimum atomic E-state index is -0.730. The molecule has 0 bridgehead atoms.